The summed E-state index contributed by atoms with van der Waals surface area (Å²) in [6, 6.07) is 2.75. The SMILES string of the molecule is O=C(O)c1cc(CCl)c(Cl)cc1Cl. The van der Waals surface area contributed by atoms with E-state index in [2.05, 4.69) is 0 Å². The number of carboxylic acids is 1. The van der Waals surface area contributed by atoms with Gasteiger partial charge in [-0.05, 0) is 17.7 Å². The molecule has 0 atom stereocenters. The largest absolute Gasteiger partial charge is 0.478 e. The number of alkyl halides is 1. The van der Waals surface area contributed by atoms with E-state index in [0.29, 0.717) is 10.6 Å². The first-order valence-electron chi connectivity index (χ1n) is 3.33. The predicted octanol–water partition coefficient (Wildman–Crippen LogP) is 3.43. The molecule has 0 aromatic heterocycles. The van der Waals surface area contributed by atoms with Crippen LogP contribution in [0, 0.1) is 0 Å². The molecule has 2 nitrogen and oxygen atoms in total. The number of carbonyl (C=O) groups is 1. The minimum Gasteiger partial charge on any atom is -0.478 e. The molecule has 0 aliphatic carbocycles. The van der Waals surface area contributed by atoms with Crippen LogP contribution in [-0.2, 0) is 5.88 Å². The first-order chi connectivity index (χ1) is 6.06. The second-order valence-electron chi connectivity index (χ2n) is 2.36. The van der Waals surface area contributed by atoms with Crippen LogP contribution in [-0.4, -0.2) is 11.1 Å². The Labute approximate surface area is 90.0 Å². The maximum atomic E-state index is 10.6. The number of aromatic carboxylic acids is 1. The zero-order chi connectivity index (χ0) is 10.0. The van der Waals surface area contributed by atoms with E-state index in [4.69, 9.17) is 39.9 Å². The number of hydrogen-bond donors (Lipinski definition) is 1. The van der Waals surface area contributed by atoms with Gasteiger partial charge >= 0.3 is 5.97 Å². The summed E-state index contributed by atoms with van der Waals surface area (Å²) in [4.78, 5) is 10.6. The van der Waals surface area contributed by atoms with Gasteiger partial charge in [0.2, 0.25) is 0 Å². The molecule has 0 aliphatic heterocycles. The Bertz CT molecular complexity index is 349. The molecular formula is C8H5Cl3O2. The molecule has 0 fully saturated rings. The van der Waals surface area contributed by atoms with Crippen LogP contribution in [0.4, 0.5) is 0 Å². The first-order valence-corrected chi connectivity index (χ1v) is 4.62. The highest BCUT2D eigenvalue weighted by molar-refractivity contribution is 6.37. The van der Waals surface area contributed by atoms with Crippen LogP contribution in [0.1, 0.15) is 15.9 Å². The van der Waals surface area contributed by atoms with Crippen molar-refractivity contribution in [1.82, 2.24) is 0 Å². The second-order valence-corrected chi connectivity index (χ2v) is 3.44. The highest BCUT2D eigenvalue weighted by Gasteiger charge is 2.11. The number of benzene rings is 1. The molecule has 0 spiro atoms. The van der Waals surface area contributed by atoms with E-state index in [1.54, 1.807) is 0 Å². The summed E-state index contributed by atoms with van der Waals surface area (Å²) in [5, 5.41) is 9.20. The second kappa shape index (κ2) is 4.18. The Balaban J connectivity index is 3.30. The number of halogens is 3. The molecule has 70 valence electrons. The highest BCUT2D eigenvalue weighted by Crippen LogP contribution is 2.26. The first kappa shape index (κ1) is 10.6. The molecule has 1 rings (SSSR count). The number of hydrogen-bond acceptors (Lipinski definition) is 1. The lowest BCUT2D eigenvalue weighted by Crippen LogP contribution is -1.98. The fourth-order valence-corrected chi connectivity index (χ4v) is 1.68. The van der Waals surface area contributed by atoms with Crippen LogP contribution < -0.4 is 0 Å². The summed E-state index contributed by atoms with van der Waals surface area (Å²) < 4.78 is 0. The Kier molecular flexibility index (Phi) is 3.42. The molecule has 0 bridgehead atoms. The Morgan fingerprint density at radius 3 is 2.38 bits per heavy atom. The minimum absolute atomic E-state index is 0.0155. The molecule has 0 saturated carbocycles. The van der Waals surface area contributed by atoms with E-state index < -0.39 is 5.97 Å². The van der Waals surface area contributed by atoms with E-state index >= 15 is 0 Å². The lowest BCUT2D eigenvalue weighted by Gasteiger charge is -2.03. The molecule has 5 heteroatoms. The lowest BCUT2D eigenvalue weighted by atomic mass is 10.1. The molecule has 0 amide bonds. The zero-order valence-corrected chi connectivity index (χ0v) is 8.62. The standard InChI is InChI=1S/C8H5Cl3O2/c9-3-4-1-5(8(12)13)7(11)2-6(4)10/h1-2H,3H2,(H,12,13). The van der Waals surface area contributed by atoms with Crippen LogP contribution in [0.2, 0.25) is 10.0 Å². The average molecular weight is 239 g/mol. The van der Waals surface area contributed by atoms with Crippen molar-refractivity contribution in [2.75, 3.05) is 0 Å². The smallest absolute Gasteiger partial charge is 0.337 e. The predicted molar refractivity (Wildman–Crippen MR) is 53.0 cm³/mol. The summed E-state index contributed by atoms with van der Waals surface area (Å²) in [5.41, 5.74) is 0.576. The normalized spacial score (nSPS) is 10.1. The van der Waals surface area contributed by atoms with Crippen molar-refractivity contribution < 1.29 is 9.90 Å². The van der Waals surface area contributed by atoms with Gasteiger partial charge in [0.1, 0.15) is 0 Å². The molecule has 1 aromatic carbocycles. The van der Waals surface area contributed by atoms with Crippen molar-refractivity contribution in [3.8, 4) is 0 Å². The van der Waals surface area contributed by atoms with Gasteiger partial charge in [0.15, 0.2) is 0 Å². The average Bonchev–Trinajstić information content (AvgIpc) is 2.03. The van der Waals surface area contributed by atoms with E-state index in [9.17, 15) is 4.79 Å². The van der Waals surface area contributed by atoms with Crippen LogP contribution in [0.5, 0.6) is 0 Å². The van der Waals surface area contributed by atoms with Crippen LogP contribution in [0.25, 0.3) is 0 Å². The van der Waals surface area contributed by atoms with Gasteiger partial charge in [-0.3, -0.25) is 0 Å². The topological polar surface area (TPSA) is 37.3 Å². The molecule has 13 heavy (non-hydrogen) atoms. The zero-order valence-electron chi connectivity index (χ0n) is 6.35. The molecule has 0 heterocycles. The van der Waals surface area contributed by atoms with E-state index in [-0.39, 0.29) is 16.5 Å². The van der Waals surface area contributed by atoms with Gasteiger partial charge < -0.3 is 5.11 Å². The van der Waals surface area contributed by atoms with Crippen molar-refractivity contribution in [3.63, 3.8) is 0 Å². The summed E-state index contributed by atoms with van der Waals surface area (Å²) in [6.45, 7) is 0. The number of carboxylic acid groups (broad SMARTS) is 1. The van der Waals surface area contributed by atoms with E-state index in [1.165, 1.54) is 12.1 Å². The van der Waals surface area contributed by atoms with Crippen LogP contribution >= 0.6 is 34.8 Å². The van der Waals surface area contributed by atoms with Crippen molar-refractivity contribution >= 4 is 40.8 Å². The summed E-state index contributed by atoms with van der Waals surface area (Å²) >= 11 is 16.9. The minimum atomic E-state index is -1.09. The van der Waals surface area contributed by atoms with Crippen molar-refractivity contribution in [1.29, 1.82) is 0 Å². The molecule has 0 saturated heterocycles. The van der Waals surface area contributed by atoms with E-state index in [0.717, 1.165) is 0 Å². The maximum absolute atomic E-state index is 10.6. The molecule has 1 N–H and O–H groups in total. The Hall–Kier alpha value is -0.440. The molecule has 1 aromatic rings. The summed E-state index contributed by atoms with van der Waals surface area (Å²) in [6.07, 6.45) is 0. The van der Waals surface area contributed by atoms with Gasteiger partial charge in [0.05, 0.1) is 10.6 Å². The van der Waals surface area contributed by atoms with Crippen LogP contribution in [0.15, 0.2) is 12.1 Å². The van der Waals surface area contributed by atoms with Crippen molar-refractivity contribution in [3.05, 3.63) is 33.3 Å². The highest BCUT2D eigenvalue weighted by atomic mass is 35.5. The molecule has 0 aliphatic rings. The summed E-state index contributed by atoms with van der Waals surface area (Å²) in [5.74, 6) is -0.927. The van der Waals surface area contributed by atoms with Crippen molar-refractivity contribution in [2.45, 2.75) is 5.88 Å². The van der Waals surface area contributed by atoms with Gasteiger partial charge in [-0.1, -0.05) is 23.2 Å². The lowest BCUT2D eigenvalue weighted by molar-refractivity contribution is 0.0697. The Morgan fingerprint density at radius 1 is 1.31 bits per heavy atom. The maximum Gasteiger partial charge on any atom is 0.337 e. The van der Waals surface area contributed by atoms with Gasteiger partial charge in [0.25, 0.3) is 0 Å². The quantitative estimate of drug-likeness (QED) is 0.803. The third-order valence-electron chi connectivity index (χ3n) is 1.51. The Morgan fingerprint density at radius 2 is 1.92 bits per heavy atom. The summed E-state index contributed by atoms with van der Waals surface area (Å²) in [7, 11) is 0. The molecule has 0 unspecified atom stereocenters. The fourth-order valence-electron chi connectivity index (χ4n) is 0.860. The van der Waals surface area contributed by atoms with Gasteiger partial charge in [-0.25, -0.2) is 4.79 Å². The van der Waals surface area contributed by atoms with E-state index in [1.807, 2.05) is 0 Å². The number of rotatable bonds is 2. The monoisotopic (exact) mass is 238 g/mol. The fraction of sp³-hybridized carbons (Fsp3) is 0.125. The van der Waals surface area contributed by atoms with Gasteiger partial charge in [-0.15, -0.1) is 11.6 Å². The third kappa shape index (κ3) is 2.27. The van der Waals surface area contributed by atoms with Gasteiger partial charge in [0, 0.05) is 10.9 Å². The van der Waals surface area contributed by atoms with Gasteiger partial charge in [-0.2, -0.15) is 0 Å². The third-order valence-corrected chi connectivity index (χ3v) is 2.46. The molecule has 0 radical (unpaired) electrons. The van der Waals surface area contributed by atoms with Crippen molar-refractivity contribution in [2.24, 2.45) is 0 Å². The molecular weight excluding hydrogens is 234 g/mol. The van der Waals surface area contributed by atoms with Crippen LogP contribution in [0.3, 0.4) is 0 Å².